The van der Waals surface area contributed by atoms with E-state index in [2.05, 4.69) is 5.92 Å². The van der Waals surface area contributed by atoms with Crippen LogP contribution in [-0.4, -0.2) is 25.9 Å². The molecule has 1 rings (SSSR count). The minimum atomic E-state index is -3.36. The Morgan fingerprint density at radius 2 is 1.94 bits per heavy atom. The zero-order valence-corrected chi connectivity index (χ0v) is 11.2. The number of aliphatic hydroxyl groups excluding tert-OH is 1. The number of benzene rings is 1. The lowest BCUT2D eigenvalue weighted by Crippen LogP contribution is -2.25. The molecule has 0 amide bonds. The van der Waals surface area contributed by atoms with Crippen LogP contribution in [0.15, 0.2) is 30.3 Å². The van der Waals surface area contributed by atoms with E-state index in [1.54, 1.807) is 24.3 Å². The van der Waals surface area contributed by atoms with Crippen molar-refractivity contribution in [2.45, 2.75) is 30.6 Å². The number of sulfone groups is 1. The maximum Gasteiger partial charge on any atom is 0.157 e. The van der Waals surface area contributed by atoms with Crippen LogP contribution in [0, 0.1) is 12.3 Å². The van der Waals surface area contributed by atoms with Crippen molar-refractivity contribution in [3.8, 4) is 12.3 Å². The molecule has 2 unspecified atom stereocenters. The largest absolute Gasteiger partial charge is 0.391 e. The quantitative estimate of drug-likeness (QED) is 0.632. The van der Waals surface area contributed by atoms with Gasteiger partial charge in [-0.15, -0.1) is 12.3 Å². The second kappa shape index (κ2) is 6.58. The molecule has 3 nitrogen and oxygen atoms in total. The van der Waals surface area contributed by atoms with Crippen molar-refractivity contribution in [1.82, 2.24) is 0 Å². The van der Waals surface area contributed by atoms with E-state index in [1.807, 2.05) is 6.07 Å². The van der Waals surface area contributed by atoms with Gasteiger partial charge in [-0.05, 0) is 18.4 Å². The molecule has 0 aromatic heterocycles. The number of rotatable bonds is 6. The zero-order valence-electron chi connectivity index (χ0n) is 10.4. The third-order valence-electron chi connectivity index (χ3n) is 2.76. The smallest absolute Gasteiger partial charge is 0.157 e. The van der Waals surface area contributed by atoms with Crippen LogP contribution < -0.4 is 0 Å². The van der Waals surface area contributed by atoms with Crippen molar-refractivity contribution < 1.29 is 13.5 Å². The Balaban J connectivity index is 2.91. The van der Waals surface area contributed by atoms with Gasteiger partial charge in [-0.2, -0.15) is 0 Å². The van der Waals surface area contributed by atoms with E-state index < -0.39 is 21.2 Å². The molecule has 0 radical (unpaired) electrons. The number of unbranched alkanes of at least 4 members (excludes halogenated alkanes) is 1. The van der Waals surface area contributed by atoms with E-state index >= 15 is 0 Å². The molecule has 0 heterocycles. The maximum atomic E-state index is 11.8. The molecule has 0 spiro atoms. The summed E-state index contributed by atoms with van der Waals surface area (Å²) in [5.74, 6) is 2.48. The first-order valence-electron chi connectivity index (χ1n) is 5.82. The molecule has 18 heavy (non-hydrogen) atoms. The Kier molecular flexibility index (Phi) is 5.39. The predicted octanol–water partition coefficient (Wildman–Crippen LogP) is 1.94. The van der Waals surface area contributed by atoms with Gasteiger partial charge in [-0.25, -0.2) is 8.42 Å². The maximum absolute atomic E-state index is 11.8. The average Bonchev–Trinajstić information content (AvgIpc) is 2.29. The normalized spacial score (nSPS) is 14.7. The van der Waals surface area contributed by atoms with Gasteiger partial charge in [0.15, 0.2) is 9.84 Å². The predicted molar refractivity (Wildman–Crippen MR) is 72.7 cm³/mol. The first-order chi connectivity index (χ1) is 8.46. The minimum absolute atomic E-state index is 0.386. The molecule has 0 aliphatic heterocycles. The highest BCUT2D eigenvalue weighted by atomic mass is 32.2. The fraction of sp³-hybridized carbons (Fsp3) is 0.429. The van der Waals surface area contributed by atoms with Crippen LogP contribution in [0.5, 0.6) is 0 Å². The van der Waals surface area contributed by atoms with E-state index in [4.69, 9.17) is 6.42 Å². The van der Waals surface area contributed by atoms with Gasteiger partial charge < -0.3 is 5.11 Å². The summed E-state index contributed by atoms with van der Waals surface area (Å²) in [5, 5.41) is 9.20. The number of hydrogen-bond acceptors (Lipinski definition) is 3. The molecule has 1 aromatic carbocycles. The Labute approximate surface area is 109 Å². The monoisotopic (exact) mass is 266 g/mol. The van der Waals surface area contributed by atoms with E-state index in [0.717, 1.165) is 6.26 Å². The second-order valence-electron chi connectivity index (χ2n) is 4.32. The van der Waals surface area contributed by atoms with Gasteiger partial charge in [0.1, 0.15) is 5.25 Å². The summed E-state index contributed by atoms with van der Waals surface area (Å²) in [7, 11) is -3.36. The third-order valence-corrected chi connectivity index (χ3v) is 4.27. The van der Waals surface area contributed by atoms with Crippen LogP contribution in [0.2, 0.25) is 0 Å². The molecule has 4 heteroatoms. The van der Waals surface area contributed by atoms with Crippen LogP contribution in [-0.2, 0) is 9.84 Å². The lowest BCUT2D eigenvalue weighted by Gasteiger charge is -2.21. The van der Waals surface area contributed by atoms with Gasteiger partial charge in [0.2, 0.25) is 0 Å². The third kappa shape index (κ3) is 4.17. The lowest BCUT2D eigenvalue weighted by atomic mass is 10.0. The molecule has 0 saturated carbocycles. The Morgan fingerprint density at radius 3 is 2.44 bits per heavy atom. The molecule has 0 saturated heterocycles. The second-order valence-corrected chi connectivity index (χ2v) is 6.49. The summed E-state index contributed by atoms with van der Waals surface area (Å²) in [6.45, 7) is 0. The number of aliphatic hydroxyl groups is 1. The van der Waals surface area contributed by atoms with Gasteiger partial charge in [-0.1, -0.05) is 30.3 Å². The average molecular weight is 266 g/mol. The fourth-order valence-electron chi connectivity index (χ4n) is 1.96. The van der Waals surface area contributed by atoms with E-state index in [9.17, 15) is 13.5 Å². The van der Waals surface area contributed by atoms with Gasteiger partial charge in [-0.3, -0.25) is 0 Å². The molecule has 0 fully saturated rings. The first-order valence-corrected chi connectivity index (χ1v) is 7.77. The van der Waals surface area contributed by atoms with E-state index in [0.29, 0.717) is 24.8 Å². The molecule has 0 aliphatic carbocycles. The van der Waals surface area contributed by atoms with Gasteiger partial charge >= 0.3 is 0 Å². The van der Waals surface area contributed by atoms with Crippen LogP contribution >= 0.6 is 0 Å². The van der Waals surface area contributed by atoms with Crippen molar-refractivity contribution in [1.29, 1.82) is 0 Å². The lowest BCUT2D eigenvalue weighted by molar-refractivity contribution is 0.156. The summed E-state index contributed by atoms with van der Waals surface area (Å²) in [5.41, 5.74) is 0.619. The molecular formula is C14H18O3S. The molecule has 1 aromatic rings. The van der Waals surface area contributed by atoms with Gasteiger partial charge in [0.05, 0.1) is 6.10 Å². The topological polar surface area (TPSA) is 54.4 Å². The Hall–Kier alpha value is -1.31. The van der Waals surface area contributed by atoms with Crippen molar-refractivity contribution in [2.24, 2.45) is 0 Å². The first kappa shape index (κ1) is 14.7. The highest BCUT2D eigenvalue weighted by Crippen LogP contribution is 2.27. The van der Waals surface area contributed by atoms with Crippen molar-refractivity contribution in [3.05, 3.63) is 35.9 Å². The van der Waals surface area contributed by atoms with Gasteiger partial charge in [0.25, 0.3) is 0 Å². The summed E-state index contributed by atoms with van der Waals surface area (Å²) < 4.78 is 23.6. The molecule has 1 N–H and O–H groups in total. The number of terminal acetylenes is 1. The van der Waals surface area contributed by atoms with E-state index in [1.165, 1.54) is 0 Å². The zero-order chi connectivity index (χ0) is 13.6. The summed E-state index contributed by atoms with van der Waals surface area (Å²) in [6, 6.07) is 8.78. The summed E-state index contributed by atoms with van der Waals surface area (Å²) in [4.78, 5) is 0. The van der Waals surface area contributed by atoms with Crippen LogP contribution in [0.1, 0.15) is 30.1 Å². The molecule has 0 bridgehead atoms. The number of hydrogen-bond donors (Lipinski definition) is 1. The Bertz CT molecular complexity index is 500. The van der Waals surface area contributed by atoms with Crippen molar-refractivity contribution >= 4 is 9.84 Å². The molecule has 2 atom stereocenters. The standard InChI is InChI=1S/C14H18O3S/c1-3-4-6-11-13(15)14(18(2,16)17)12-9-7-5-8-10-12/h1,5,7-10,13-15H,4,6,11H2,2H3. The summed E-state index contributed by atoms with van der Waals surface area (Å²) in [6.07, 6.45) is 6.92. The highest BCUT2D eigenvalue weighted by molar-refractivity contribution is 7.91. The van der Waals surface area contributed by atoms with Crippen molar-refractivity contribution in [3.63, 3.8) is 0 Å². The molecule has 98 valence electrons. The fourth-order valence-corrected chi connectivity index (χ4v) is 3.32. The van der Waals surface area contributed by atoms with E-state index in [-0.39, 0.29) is 0 Å². The van der Waals surface area contributed by atoms with Crippen molar-refractivity contribution in [2.75, 3.05) is 6.26 Å². The van der Waals surface area contributed by atoms with Crippen LogP contribution in [0.3, 0.4) is 0 Å². The Morgan fingerprint density at radius 1 is 1.33 bits per heavy atom. The SMILES string of the molecule is C#CCCCC(O)C(c1ccccc1)S(C)(=O)=O. The van der Waals surface area contributed by atoms with Gasteiger partial charge in [0, 0.05) is 12.7 Å². The summed E-state index contributed by atoms with van der Waals surface area (Å²) >= 11 is 0. The minimum Gasteiger partial charge on any atom is -0.391 e. The highest BCUT2D eigenvalue weighted by Gasteiger charge is 2.29. The molecular weight excluding hydrogens is 248 g/mol. The van der Waals surface area contributed by atoms with Crippen LogP contribution in [0.25, 0.3) is 0 Å². The van der Waals surface area contributed by atoms with Crippen LogP contribution in [0.4, 0.5) is 0 Å². The molecule has 0 aliphatic rings.